The Bertz CT molecular complexity index is 1030. The Morgan fingerprint density at radius 2 is 1.71 bits per heavy atom. The van der Waals surface area contributed by atoms with Gasteiger partial charge in [-0.2, -0.15) is 0 Å². The second-order valence-electron chi connectivity index (χ2n) is 6.53. The van der Waals surface area contributed by atoms with Crippen molar-refractivity contribution in [3.8, 4) is 0 Å². The Hall–Kier alpha value is -2.90. The molecule has 0 spiro atoms. The molecule has 1 heterocycles. The van der Waals surface area contributed by atoms with Gasteiger partial charge >= 0.3 is 0 Å². The number of carbonyl (C=O) groups is 1. The molecule has 2 N–H and O–H groups in total. The molecule has 0 saturated carbocycles. The Morgan fingerprint density at radius 1 is 1.04 bits per heavy atom. The van der Waals surface area contributed by atoms with E-state index in [0.29, 0.717) is 11.3 Å². The summed E-state index contributed by atoms with van der Waals surface area (Å²) >= 11 is 0. The van der Waals surface area contributed by atoms with Gasteiger partial charge < -0.3 is 9.73 Å². The lowest BCUT2D eigenvalue weighted by Gasteiger charge is -2.15. The van der Waals surface area contributed by atoms with E-state index in [-0.39, 0.29) is 23.4 Å². The first-order valence-corrected chi connectivity index (χ1v) is 10.3. The van der Waals surface area contributed by atoms with Crippen LogP contribution in [0.5, 0.6) is 0 Å². The van der Waals surface area contributed by atoms with Crippen LogP contribution in [0.25, 0.3) is 0 Å². The van der Waals surface area contributed by atoms with Crippen molar-refractivity contribution in [2.45, 2.75) is 31.3 Å². The maximum Gasteiger partial charge on any atom is 0.251 e. The second kappa shape index (κ2) is 8.41. The van der Waals surface area contributed by atoms with Gasteiger partial charge in [-0.25, -0.2) is 13.1 Å². The summed E-state index contributed by atoms with van der Waals surface area (Å²) in [4.78, 5) is 12.5. The smallest absolute Gasteiger partial charge is 0.251 e. The zero-order valence-corrected chi connectivity index (χ0v) is 16.5. The molecule has 1 aromatic heterocycles. The number of sulfonamides is 1. The molecule has 6 nitrogen and oxygen atoms in total. The first-order valence-electron chi connectivity index (χ1n) is 8.85. The molecule has 3 rings (SSSR count). The van der Waals surface area contributed by atoms with Gasteiger partial charge in [-0.1, -0.05) is 29.8 Å². The molecule has 28 heavy (non-hydrogen) atoms. The minimum Gasteiger partial charge on any atom is -0.468 e. The van der Waals surface area contributed by atoms with Crippen LogP contribution >= 0.6 is 0 Å². The number of aryl methyl sites for hydroxylation is 1. The number of nitrogens with one attached hydrogen (secondary N) is 2. The summed E-state index contributed by atoms with van der Waals surface area (Å²) in [5, 5.41) is 2.92. The van der Waals surface area contributed by atoms with Crippen molar-refractivity contribution in [2.75, 3.05) is 0 Å². The van der Waals surface area contributed by atoms with Crippen LogP contribution in [0.1, 0.15) is 40.2 Å². The van der Waals surface area contributed by atoms with Crippen LogP contribution < -0.4 is 10.0 Å². The Kier molecular flexibility index (Phi) is 5.96. The number of carbonyl (C=O) groups excluding carboxylic acids is 1. The van der Waals surface area contributed by atoms with Gasteiger partial charge in [-0.05, 0) is 55.8 Å². The summed E-state index contributed by atoms with van der Waals surface area (Å²) < 4.78 is 32.3. The molecule has 0 saturated heterocycles. The van der Waals surface area contributed by atoms with Crippen LogP contribution in [-0.4, -0.2) is 14.3 Å². The van der Waals surface area contributed by atoms with E-state index in [1.807, 2.05) is 38.1 Å². The van der Waals surface area contributed by atoms with E-state index in [1.165, 1.54) is 30.5 Å². The zero-order chi connectivity index (χ0) is 20.1. The van der Waals surface area contributed by atoms with Crippen molar-refractivity contribution in [2.24, 2.45) is 0 Å². The lowest BCUT2D eigenvalue weighted by atomic mass is 10.1. The van der Waals surface area contributed by atoms with Gasteiger partial charge in [0.15, 0.2) is 0 Å². The summed E-state index contributed by atoms with van der Waals surface area (Å²) in [6, 6.07) is 17.0. The number of hydrogen-bond donors (Lipinski definition) is 2. The highest BCUT2D eigenvalue weighted by Crippen LogP contribution is 2.16. The highest BCUT2D eigenvalue weighted by molar-refractivity contribution is 7.89. The Balaban J connectivity index is 1.64. The molecule has 0 aliphatic rings. The average Bonchev–Trinajstić information content (AvgIpc) is 3.21. The number of furan rings is 1. The first kappa shape index (κ1) is 19.9. The molecule has 0 aliphatic carbocycles. The van der Waals surface area contributed by atoms with Gasteiger partial charge in [-0.3, -0.25) is 4.79 Å². The van der Waals surface area contributed by atoms with E-state index in [4.69, 9.17) is 4.42 Å². The number of hydrogen-bond acceptors (Lipinski definition) is 4. The maximum absolute atomic E-state index is 12.4. The lowest BCUT2D eigenvalue weighted by molar-refractivity contribution is 0.0940. The van der Waals surface area contributed by atoms with Crippen molar-refractivity contribution in [3.05, 3.63) is 89.4 Å². The summed E-state index contributed by atoms with van der Waals surface area (Å²) in [6.45, 7) is 3.97. The third-order valence-corrected chi connectivity index (χ3v) is 5.79. The van der Waals surface area contributed by atoms with Crippen molar-refractivity contribution >= 4 is 15.9 Å². The molecule has 0 fully saturated rings. The van der Waals surface area contributed by atoms with Crippen LogP contribution in [-0.2, 0) is 16.6 Å². The molecule has 0 aliphatic heterocycles. The van der Waals surface area contributed by atoms with Crippen molar-refractivity contribution in [3.63, 3.8) is 0 Å². The molecule has 146 valence electrons. The van der Waals surface area contributed by atoms with Gasteiger partial charge in [0.1, 0.15) is 5.76 Å². The third kappa shape index (κ3) is 4.88. The fourth-order valence-corrected chi connectivity index (χ4v) is 3.66. The monoisotopic (exact) mass is 398 g/mol. The van der Waals surface area contributed by atoms with Gasteiger partial charge in [-0.15, -0.1) is 0 Å². The minimum absolute atomic E-state index is 0.0611. The molecule has 7 heteroatoms. The molecule has 2 aromatic carbocycles. The maximum atomic E-state index is 12.4. The van der Waals surface area contributed by atoms with E-state index < -0.39 is 10.0 Å². The summed E-state index contributed by atoms with van der Waals surface area (Å²) in [5.74, 6) is 0.255. The summed E-state index contributed by atoms with van der Waals surface area (Å²) in [6.07, 6.45) is 1.48. The van der Waals surface area contributed by atoms with Crippen LogP contribution in [0, 0.1) is 6.92 Å². The van der Waals surface area contributed by atoms with E-state index >= 15 is 0 Å². The highest BCUT2D eigenvalue weighted by Gasteiger charge is 2.16. The molecular formula is C21H22N2O4S. The predicted octanol–water partition coefficient (Wildman–Crippen LogP) is 3.56. The van der Waals surface area contributed by atoms with Crippen LogP contribution in [0.2, 0.25) is 0 Å². The minimum atomic E-state index is -3.69. The number of amides is 1. The standard InChI is InChI=1S/C21H22N2O4S/c1-15-5-7-17(8-6-15)16(2)23-21(24)18-9-11-20(12-10-18)28(25,26)22-14-19-4-3-13-27-19/h3-13,16,22H,14H2,1-2H3,(H,23,24). The van der Waals surface area contributed by atoms with Gasteiger partial charge in [0.25, 0.3) is 5.91 Å². The zero-order valence-electron chi connectivity index (χ0n) is 15.7. The molecular weight excluding hydrogens is 376 g/mol. The van der Waals surface area contributed by atoms with Gasteiger partial charge in [0, 0.05) is 5.56 Å². The number of rotatable bonds is 7. The van der Waals surface area contributed by atoms with Gasteiger partial charge in [0.05, 0.1) is 23.7 Å². The van der Waals surface area contributed by atoms with Crippen molar-refractivity contribution in [1.29, 1.82) is 0 Å². The first-order chi connectivity index (χ1) is 13.3. The van der Waals surface area contributed by atoms with Crippen LogP contribution in [0.15, 0.2) is 76.2 Å². The topological polar surface area (TPSA) is 88.4 Å². The Morgan fingerprint density at radius 3 is 2.32 bits per heavy atom. The normalized spacial score (nSPS) is 12.5. The summed E-state index contributed by atoms with van der Waals surface area (Å²) in [7, 11) is -3.69. The van der Waals surface area contributed by atoms with Gasteiger partial charge in [0.2, 0.25) is 10.0 Å². The Labute approximate surface area is 164 Å². The highest BCUT2D eigenvalue weighted by atomic mass is 32.2. The van der Waals surface area contributed by atoms with E-state index in [9.17, 15) is 13.2 Å². The third-order valence-electron chi connectivity index (χ3n) is 4.37. The van der Waals surface area contributed by atoms with E-state index in [0.717, 1.165) is 11.1 Å². The molecule has 0 radical (unpaired) electrons. The SMILES string of the molecule is Cc1ccc(C(C)NC(=O)c2ccc(S(=O)(=O)NCc3ccco3)cc2)cc1. The molecule has 0 bridgehead atoms. The van der Waals surface area contributed by atoms with Crippen LogP contribution in [0.3, 0.4) is 0 Å². The average molecular weight is 398 g/mol. The van der Waals surface area contributed by atoms with Crippen molar-refractivity contribution < 1.29 is 17.6 Å². The second-order valence-corrected chi connectivity index (χ2v) is 8.30. The van der Waals surface area contributed by atoms with Crippen LogP contribution in [0.4, 0.5) is 0 Å². The van der Waals surface area contributed by atoms with Crippen molar-refractivity contribution in [1.82, 2.24) is 10.0 Å². The quantitative estimate of drug-likeness (QED) is 0.637. The predicted molar refractivity (Wildman–Crippen MR) is 106 cm³/mol. The van der Waals surface area contributed by atoms with E-state index in [2.05, 4.69) is 10.0 Å². The lowest BCUT2D eigenvalue weighted by Crippen LogP contribution is -2.27. The fourth-order valence-electron chi connectivity index (χ4n) is 2.67. The summed E-state index contributed by atoms with van der Waals surface area (Å²) in [5.41, 5.74) is 2.55. The fraction of sp³-hybridized carbons (Fsp3) is 0.190. The molecule has 3 aromatic rings. The molecule has 1 unspecified atom stereocenters. The molecule has 1 atom stereocenters. The largest absolute Gasteiger partial charge is 0.468 e. The number of benzene rings is 2. The molecule has 1 amide bonds. The van der Waals surface area contributed by atoms with E-state index in [1.54, 1.807) is 12.1 Å².